The summed E-state index contributed by atoms with van der Waals surface area (Å²) in [5, 5.41) is 11.9. The van der Waals surface area contributed by atoms with Crippen molar-refractivity contribution >= 4 is 32.1 Å². The summed E-state index contributed by atoms with van der Waals surface area (Å²) in [5.74, 6) is -2.74. The summed E-state index contributed by atoms with van der Waals surface area (Å²) in [6.45, 7) is -0.326. The van der Waals surface area contributed by atoms with Gasteiger partial charge in [-0.3, -0.25) is 4.79 Å². The Kier molecular flexibility index (Phi) is 5.15. The molecule has 1 aliphatic carbocycles. The topological polar surface area (TPSA) is 92.7 Å². The van der Waals surface area contributed by atoms with Crippen LogP contribution in [0.1, 0.15) is 12.8 Å². The van der Waals surface area contributed by atoms with Crippen LogP contribution in [-0.2, 0) is 14.6 Å². The SMILES string of the molecule is O=C(Nc1ccc(S(=O)(=O)c2ccc(OC(F)(F)F)cc2F)s1)C1(CO)CC1. The van der Waals surface area contributed by atoms with Gasteiger partial charge in [0.1, 0.15) is 20.7 Å². The van der Waals surface area contributed by atoms with E-state index in [9.17, 15) is 35.9 Å². The molecular weight excluding hydrogens is 426 g/mol. The summed E-state index contributed by atoms with van der Waals surface area (Å²) >= 11 is 0.661. The Bertz CT molecular complexity index is 1010. The summed E-state index contributed by atoms with van der Waals surface area (Å²) < 4.78 is 79.0. The smallest absolute Gasteiger partial charge is 0.406 e. The zero-order valence-electron chi connectivity index (χ0n) is 13.9. The van der Waals surface area contributed by atoms with E-state index < -0.39 is 44.0 Å². The van der Waals surface area contributed by atoms with Gasteiger partial charge >= 0.3 is 6.36 Å². The molecule has 0 saturated heterocycles. The number of benzene rings is 1. The molecule has 12 heteroatoms. The second kappa shape index (κ2) is 7.01. The maximum atomic E-state index is 14.1. The average molecular weight is 439 g/mol. The molecule has 0 aliphatic heterocycles. The molecule has 1 aromatic heterocycles. The van der Waals surface area contributed by atoms with E-state index in [4.69, 9.17) is 0 Å². The maximum Gasteiger partial charge on any atom is 0.573 e. The molecule has 0 radical (unpaired) electrons. The normalized spacial score (nSPS) is 15.9. The van der Waals surface area contributed by atoms with Crippen molar-refractivity contribution in [3.63, 3.8) is 0 Å². The second-order valence-electron chi connectivity index (χ2n) is 6.15. The highest BCUT2D eigenvalue weighted by atomic mass is 32.2. The molecule has 1 aromatic carbocycles. The van der Waals surface area contributed by atoms with Crippen LogP contribution in [0.4, 0.5) is 22.6 Å². The first-order valence-electron chi connectivity index (χ1n) is 7.79. The summed E-state index contributed by atoms with van der Waals surface area (Å²) in [5.41, 5.74) is -0.858. The van der Waals surface area contributed by atoms with E-state index in [0.717, 1.165) is 6.07 Å². The Balaban J connectivity index is 1.82. The highest BCUT2D eigenvalue weighted by Gasteiger charge is 2.49. The lowest BCUT2D eigenvalue weighted by Crippen LogP contribution is -2.26. The minimum Gasteiger partial charge on any atom is -0.406 e. The van der Waals surface area contributed by atoms with Crippen LogP contribution >= 0.6 is 11.3 Å². The van der Waals surface area contributed by atoms with Crippen molar-refractivity contribution in [1.29, 1.82) is 0 Å². The van der Waals surface area contributed by atoms with Gasteiger partial charge in [0.15, 0.2) is 0 Å². The number of ether oxygens (including phenoxy) is 1. The second-order valence-corrected chi connectivity index (χ2v) is 9.38. The third-order valence-electron chi connectivity index (χ3n) is 4.15. The predicted octanol–water partition coefficient (Wildman–Crippen LogP) is 3.33. The number of carbonyl (C=O) groups excluding carboxylic acids is 1. The minimum absolute atomic E-state index is 0.181. The number of hydrogen-bond acceptors (Lipinski definition) is 6. The van der Waals surface area contributed by atoms with Gasteiger partial charge < -0.3 is 15.2 Å². The number of rotatable bonds is 6. The van der Waals surface area contributed by atoms with Crippen LogP contribution in [0.3, 0.4) is 0 Å². The largest absolute Gasteiger partial charge is 0.573 e. The van der Waals surface area contributed by atoms with Gasteiger partial charge in [0.05, 0.1) is 17.0 Å². The lowest BCUT2D eigenvalue weighted by atomic mass is 10.1. The van der Waals surface area contributed by atoms with Crippen molar-refractivity contribution in [2.24, 2.45) is 5.41 Å². The van der Waals surface area contributed by atoms with Crippen LogP contribution in [0.25, 0.3) is 0 Å². The summed E-state index contributed by atoms with van der Waals surface area (Å²) in [6, 6.07) is 4.15. The van der Waals surface area contributed by atoms with E-state index in [0.29, 0.717) is 42.4 Å². The highest BCUT2D eigenvalue weighted by molar-refractivity contribution is 7.93. The Labute approximate surface area is 160 Å². The van der Waals surface area contributed by atoms with Crippen molar-refractivity contribution < 1.29 is 40.6 Å². The van der Waals surface area contributed by atoms with Gasteiger partial charge in [-0.15, -0.1) is 24.5 Å². The van der Waals surface area contributed by atoms with Crippen molar-refractivity contribution in [3.8, 4) is 5.75 Å². The fraction of sp³-hybridized carbons (Fsp3) is 0.312. The van der Waals surface area contributed by atoms with Crippen LogP contribution in [-0.4, -0.2) is 32.4 Å². The van der Waals surface area contributed by atoms with E-state index >= 15 is 0 Å². The fourth-order valence-corrected chi connectivity index (χ4v) is 5.03. The van der Waals surface area contributed by atoms with E-state index in [-0.39, 0.29) is 15.8 Å². The van der Waals surface area contributed by atoms with Crippen LogP contribution in [0.5, 0.6) is 5.75 Å². The number of thiophene rings is 1. The summed E-state index contributed by atoms with van der Waals surface area (Å²) in [7, 11) is -4.36. The number of hydrogen-bond donors (Lipinski definition) is 2. The van der Waals surface area contributed by atoms with Gasteiger partial charge in [-0.1, -0.05) is 0 Å². The first-order valence-corrected chi connectivity index (χ1v) is 10.1. The van der Waals surface area contributed by atoms with Gasteiger partial charge in [0, 0.05) is 6.07 Å². The lowest BCUT2D eigenvalue weighted by Gasteiger charge is -2.11. The fourth-order valence-electron chi connectivity index (χ4n) is 2.39. The molecule has 0 bridgehead atoms. The first-order chi connectivity index (χ1) is 13.0. The van der Waals surface area contributed by atoms with Crippen molar-refractivity contribution in [2.75, 3.05) is 11.9 Å². The molecule has 28 heavy (non-hydrogen) atoms. The number of halogens is 4. The van der Waals surface area contributed by atoms with Crippen molar-refractivity contribution in [1.82, 2.24) is 0 Å². The number of aliphatic hydroxyl groups excluding tert-OH is 1. The van der Waals surface area contributed by atoms with Crippen LogP contribution < -0.4 is 10.1 Å². The molecule has 1 amide bonds. The molecule has 1 heterocycles. The number of sulfone groups is 1. The Hall–Kier alpha value is -2.18. The summed E-state index contributed by atoms with van der Waals surface area (Å²) in [6.07, 6.45) is -4.01. The standard InChI is InChI=1S/C16H13F4NO5S2/c17-10-7-9(26-16(18,19)20)1-2-11(10)28(24,25)13-4-3-12(27-13)21-14(23)15(8-22)5-6-15/h1-4,7,22H,5-6,8H2,(H,21,23). The molecule has 3 rings (SSSR count). The Morgan fingerprint density at radius 3 is 2.46 bits per heavy atom. The van der Waals surface area contributed by atoms with Crippen LogP contribution in [0.2, 0.25) is 0 Å². The zero-order chi connectivity index (χ0) is 20.7. The number of carbonyl (C=O) groups is 1. The van der Waals surface area contributed by atoms with Gasteiger partial charge in [-0.05, 0) is 37.1 Å². The van der Waals surface area contributed by atoms with Gasteiger partial charge in [0.2, 0.25) is 15.7 Å². The van der Waals surface area contributed by atoms with Crippen LogP contribution in [0, 0.1) is 11.2 Å². The van der Waals surface area contributed by atoms with E-state index in [2.05, 4.69) is 10.1 Å². The molecule has 2 aromatic rings. The molecule has 0 spiro atoms. The quantitative estimate of drug-likeness (QED) is 0.674. The zero-order valence-corrected chi connectivity index (χ0v) is 15.5. The minimum atomic E-state index is -5.04. The predicted molar refractivity (Wildman–Crippen MR) is 90.2 cm³/mol. The van der Waals surface area contributed by atoms with Crippen molar-refractivity contribution in [2.45, 2.75) is 28.3 Å². The van der Waals surface area contributed by atoms with E-state index in [1.807, 2.05) is 0 Å². The third kappa shape index (κ3) is 4.13. The Morgan fingerprint density at radius 1 is 1.25 bits per heavy atom. The third-order valence-corrected chi connectivity index (χ3v) is 7.43. The number of amides is 1. The van der Waals surface area contributed by atoms with E-state index in [1.165, 1.54) is 6.07 Å². The average Bonchev–Trinajstić information content (AvgIpc) is 3.25. The molecule has 2 N–H and O–H groups in total. The van der Waals surface area contributed by atoms with Crippen molar-refractivity contribution in [3.05, 3.63) is 36.1 Å². The molecule has 152 valence electrons. The Morgan fingerprint density at radius 2 is 1.93 bits per heavy atom. The summed E-state index contributed by atoms with van der Waals surface area (Å²) in [4.78, 5) is 11.3. The molecule has 0 atom stereocenters. The maximum absolute atomic E-state index is 14.1. The molecule has 0 unspecified atom stereocenters. The number of anilines is 1. The lowest BCUT2D eigenvalue weighted by molar-refractivity contribution is -0.274. The van der Waals surface area contributed by atoms with Gasteiger partial charge in [-0.2, -0.15) is 0 Å². The molecule has 1 saturated carbocycles. The van der Waals surface area contributed by atoms with E-state index in [1.54, 1.807) is 0 Å². The first kappa shape index (κ1) is 20.6. The number of alkyl halides is 3. The number of nitrogens with one attached hydrogen (secondary N) is 1. The van der Waals surface area contributed by atoms with Gasteiger partial charge in [-0.25, -0.2) is 12.8 Å². The molecule has 6 nitrogen and oxygen atoms in total. The van der Waals surface area contributed by atoms with Crippen LogP contribution in [0.15, 0.2) is 39.4 Å². The molecular formula is C16H13F4NO5S2. The highest BCUT2D eigenvalue weighted by Crippen LogP contribution is 2.46. The molecule has 1 aliphatic rings. The monoisotopic (exact) mass is 439 g/mol. The van der Waals surface area contributed by atoms with Gasteiger partial charge in [0.25, 0.3) is 0 Å². The molecule has 1 fully saturated rings. The number of aliphatic hydroxyl groups is 1.